The zero-order chi connectivity index (χ0) is 19.7. The van der Waals surface area contributed by atoms with Crippen molar-refractivity contribution >= 4 is 33.4 Å². The molecule has 1 unspecified atom stereocenters. The van der Waals surface area contributed by atoms with Crippen LogP contribution in [0.2, 0.25) is 0 Å². The van der Waals surface area contributed by atoms with Crippen molar-refractivity contribution in [3.63, 3.8) is 0 Å². The molecule has 0 aliphatic heterocycles. The first kappa shape index (κ1) is 18.8. The lowest BCUT2D eigenvalue weighted by atomic mass is 10.2. The molecule has 27 heavy (non-hydrogen) atoms. The molecule has 0 radical (unpaired) electrons. The van der Waals surface area contributed by atoms with Crippen LogP contribution in [0.15, 0.2) is 35.1 Å². The number of benzene rings is 1. The Morgan fingerprint density at radius 2 is 1.93 bits per heavy atom. The molecule has 1 amide bonds. The largest absolute Gasteiger partial charge is 0.457 e. The minimum absolute atomic E-state index is 0.142. The SMILES string of the molecule is Cc1c(C(=O)OCc2ccccc2)sc2nc(C)n(C(C)C(N)=O)c(=O)c12. The van der Waals surface area contributed by atoms with Gasteiger partial charge in [-0.3, -0.25) is 14.2 Å². The molecule has 1 atom stereocenters. The van der Waals surface area contributed by atoms with Crippen molar-refractivity contribution in [3.8, 4) is 0 Å². The maximum atomic E-state index is 12.9. The molecule has 3 aromatic rings. The van der Waals surface area contributed by atoms with Crippen LogP contribution in [0.4, 0.5) is 0 Å². The van der Waals surface area contributed by atoms with Gasteiger partial charge in [0.1, 0.15) is 28.2 Å². The molecular weight excluding hydrogens is 366 g/mol. The number of carbonyl (C=O) groups excluding carboxylic acids is 2. The molecule has 0 bridgehead atoms. The Balaban J connectivity index is 2.00. The molecule has 0 saturated heterocycles. The molecule has 0 spiro atoms. The summed E-state index contributed by atoms with van der Waals surface area (Å²) in [4.78, 5) is 42.1. The van der Waals surface area contributed by atoms with Crippen LogP contribution in [0.1, 0.15) is 39.6 Å². The fourth-order valence-electron chi connectivity index (χ4n) is 2.86. The highest BCUT2D eigenvalue weighted by Crippen LogP contribution is 2.28. The molecule has 0 aliphatic rings. The van der Waals surface area contributed by atoms with Gasteiger partial charge < -0.3 is 10.5 Å². The summed E-state index contributed by atoms with van der Waals surface area (Å²) >= 11 is 1.11. The van der Waals surface area contributed by atoms with Crippen LogP contribution in [-0.4, -0.2) is 21.4 Å². The number of ether oxygens (including phenoxy) is 1. The van der Waals surface area contributed by atoms with Crippen molar-refractivity contribution in [2.75, 3.05) is 0 Å². The second kappa shape index (κ2) is 7.32. The van der Waals surface area contributed by atoms with E-state index in [4.69, 9.17) is 10.5 Å². The van der Waals surface area contributed by atoms with Gasteiger partial charge in [-0.1, -0.05) is 30.3 Å². The Hall–Kier alpha value is -3.00. The van der Waals surface area contributed by atoms with Crippen molar-refractivity contribution in [2.24, 2.45) is 5.73 Å². The highest BCUT2D eigenvalue weighted by atomic mass is 32.1. The fraction of sp³-hybridized carbons (Fsp3) is 0.263. The van der Waals surface area contributed by atoms with Gasteiger partial charge in [0, 0.05) is 0 Å². The minimum atomic E-state index is -0.831. The Morgan fingerprint density at radius 1 is 1.26 bits per heavy atom. The maximum Gasteiger partial charge on any atom is 0.349 e. The van der Waals surface area contributed by atoms with Gasteiger partial charge in [-0.15, -0.1) is 11.3 Å². The zero-order valence-electron chi connectivity index (χ0n) is 15.2. The summed E-state index contributed by atoms with van der Waals surface area (Å²) in [6, 6.07) is 8.50. The number of primary amides is 1. The highest BCUT2D eigenvalue weighted by molar-refractivity contribution is 7.20. The van der Waals surface area contributed by atoms with Gasteiger partial charge in [0.05, 0.1) is 5.39 Å². The lowest BCUT2D eigenvalue weighted by Crippen LogP contribution is -2.34. The maximum absolute atomic E-state index is 12.9. The smallest absolute Gasteiger partial charge is 0.349 e. The molecular formula is C19H19N3O4S. The number of nitrogens with zero attached hydrogens (tertiary/aromatic N) is 2. The van der Waals surface area contributed by atoms with Gasteiger partial charge >= 0.3 is 5.97 Å². The van der Waals surface area contributed by atoms with Crippen molar-refractivity contribution in [1.29, 1.82) is 0 Å². The van der Waals surface area contributed by atoms with Gasteiger partial charge in [0.25, 0.3) is 5.56 Å². The summed E-state index contributed by atoms with van der Waals surface area (Å²) in [5, 5.41) is 0.311. The van der Waals surface area contributed by atoms with E-state index in [0.717, 1.165) is 16.9 Å². The molecule has 0 aliphatic carbocycles. The van der Waals surface area contributed by atoms with Crippen molar-refractivity contribution in [3.05, 3.63) is 62.5 Å². The van der Waals surface area contributed by atoms with Gasteiger partial charge in [-0.05, 0) is 31.9 Å². The van der Waals surface area contributed by atoms with Gasteiger partial charge in [-0.25, -0.2) is 9.78 Å². The van der Waals surface area contributed by atoms with E-state index in [2.05, 4.69) is 4.98 Å². The lowest BCUT2D eigenvalue weighted by Gasteiger charge is -2.14. The van der Waals surface area contributed by atoms with Crippen LogP contribution >= 0.6 is 11.3 Å². The fourth-order valence-corrected chi connectivity index (χ4v) is 3.97. The van der Waals surface area contributed by atoms with Crippen LogP contribution in [-0.2, 0) is 16.1 Å². The molecule has 7 nitrogen and oxygen atoms in total. The molecule has 2 N–H and O–H groups in total. The molecule has 3 rings (SSSR count). The van der Waals surface area contributed by atoms with Crippen LogP contribution in [0, 0.1) is 13.8 Å². The molecule has 2 heterocycles. The minimum Gasteiger partial charge on any atom is -0.457 e. The third-order valence-corrected chi connectivity index (χ3v) is 5.54. The standard InChI is InChI=1S/C19H19N3O4S/c1-10-14-17(21-12(3)22(18(14)24)11(2)16(20)23)27-15(10)19(25)26-9-13-7-5-4-6-8-13/h4-8,11H,9H2,1-3H3,(H2,20,23). The number of fused-ring (bicyclic) bond motifs is 1. The number of thiophene rings is 1. The average Bonchev–Trinajstić information content (AvgIpc) is 2.96. The Labute approximate surface area is 159 Å². The van der Waals surface area contributed by atoms with E-state index in [1.165, 1.54) is 4.57 Å². The zero-order valence-corrected chi connectivity index (χ0v) is 16.0. The van der Waals surface area contributed by atoms with Crippen LogP contribution < -0.4 is 11.3 Å². The van der Waals surface area contributed by atoms with E-state index < -0.39 is 17.9 Å². The van der Waals surface area contributed by atoms with Crippen LogP contribution in [0.25, 0.3) is 10.2 Å². The van der Waals surface area contributed by atoms with E-state index in [-0.39, 0.29) is 12.2 Å². The van der Waals surface area contributed by atoms with Crippen molar-refractivity contribution in [1.82, 2.24) is 9.55 Å². The van der Waals surface area contributed by atoms with E-state index in [0.29, 0.717) is 26.5 Å². The number of nitrogens with two attached hydrogens (primary N) is 1. The predicted octanol–water partition coefficient (Wildman–Crippen LogP) is 2.48. The Kier molecular flexibility index (Phi) is 5.09. The van der Waals surface area contributed by atoms with Crippen molar-refractivity contribution < 1.29 is 14.3 Å². The first-order valence-corrected chi connectivity index (χ1v) is 9.15. The lowest BCUT2D eigenvalue weighted by molar-refractivity contribution is -0.120. The second-order valence-corrected chi connectivity index (χ2v) is 7.21. The topological polar surface area (TPSA) is 104 Å². The van der Waals surface area contributed by atoms with Crippen LogP contribution in [0.5, 0.6) is 0 Å². The average molecular weight is 385 g/mol. The number of carbonyl (C=O) groups is 2. The number of esters is 1. The first-order chi connectivity index (χ1) is 12.8. The molecule has 2 aromatic heterocycles. The Morgan fingerprint density at radius 3 is 2.56 bits per heavy atom. The molecule has 0 saturated carbocycles. The first-order valence-electron chi connectivity index (χ1n) is 8.33. The van der Waals surface area contributed by atoms with Gasteiger partial charge in [-0.2, -0.15) is 0 Å². The molecule has 8 heteroatoms. The normalized spacial score (nSPS) is 12.1. The predicted molar refractivity (Wildman–Crippen MR) is 103 cm³/mol. The third-order valence-electron chi connectivity index (χ3n) is 4.37. The second-order valence-electron chi connectivity index (χ2n) is 6.21. The number of amides is 1. The molecule has 1 aromatic carbocycles. The highest BCUT2D eigenvalue weighted by Gasteiger charge is 2.24. The molecule has 140 valence electrons. The molecule has 0 fully saturated rings. The van der Waals surface area contributed by atoms with Crippen molar-refractivity contribution in [2.45, 2.75) is 33.4 Å². The monoisotopic (exact) mass is 385 g/mol. The number of aromatic nitrogens is 2. The summed E-state index contributed by atoms with van der Waals surface area (Å²) in [7, 11) is 0. The number of hydrogen-bond donors (Lipinski definition) is 1. The number of hydrogen-bond acceptors (Lipinski definition) is 6. The third kappa shape index (κ3) is 3.48. The summed E-state index contributed by atoms with van der Waals surface area (Å²) in [6.07, 6.45) is 0. The summed E-state index contributed by atoms with van der Waals surface area (Å²) in [6.45, 7) is 4.99. The van der Waals surface area contributed by atoms with E-state index in [9.17, 15) is 14.4 Å². The van der Waals surface area contributed by atoms with Gasteiger partial charge in [0.15, 0.2) is 0 Å². The van der Waals surface area contributed by atoms with E-state index >= 15 is 0 Å². The van der Waals surface area contributed by atoms with E-state index in [1.807, 2.05) is 30.3 Å². The number of aryl methyl sites for hydroxylation is 2. The Bertz CT molecular complexity index is 1090. The van der Waals surface area contributed by atoms with E-state index in [1.54, 1.807) is 20.8 Å². The summed E-state index contributed by atoms with van der Waals surface area (Å²) in [5.41, 5.74) is 6.32. The number of rotatable bonds is 5. The van der Waals surface area contributed by atoms with Gasteiger partial charge in [0.2, 0.25) is 5.91 Å². The van der Waals surface area contributed by atoms with Crippen LogP contribution in [0.3, 0.4) is 0 Å². The summed E-state index contributed by atoms with van der Waals surface area (Å²) < 4.78 is 6.62. The quantitative estimate of drug-likeness (QED) is 0.680. The summed E-state index contributed by atoms with van der Waals surface area (Å²) in [5.74, 6) is -0.771.